The molecule has 1 fully saturated rings. The number of ether oxygens (including phenoxy) is 2. The quantitative estimate of drug-likeness (QED) is 0.792. The highest BCUT2D eigenvalue weighted by atomic mass is 32.1. The van der Waals surface area contributed by atoms with Crippen LogP contribution in [-0.2, 0) is 9.47 Å². The molecular weight excluding hydrogens is 338 g/mol. The molecular formula is C18H27N3O3S. The van der Waals surface area contributed by atoms with Crippen LogP contribution < -0.4 is 0 Å². The van der Waals surface area contributed by atoms with Gasteiger partial charge >= 0.3 is 6.09 Å². The first kappa shape index (κ1) is 18.2. The third-order valence-electron chi connectivity index (χ3n) is 4.15. The predicted molar refractivity (Wildman–Crippen MR) is 98.3 cm³/mol. The zero-order valence-corrected chi connectivity index (χ0v) is 16.7. The number of aromatic nitrogens is 1. The molecule has 3 rings (SSSR count). The number of carbonyl (C=O) groups is 1. The van der Waals surface area contributed by atoms with Gasteiger partial charge in [0.15, 0.2) is 0 Å². The second kappa shape index (κ2) is 6.27. The maximum absolute atomic E-state index is 12.5. The highest BCUT2D eigenvalue weighted by Crippen LogP contribution is 2.37. The molecule has 0 aromatic carbocycles. The summed E-state index contributed by atoms with van der Waals surface area (Å²) in [5.74, 6) is 0.617. The van der Waals surface area contributed by atoms with E-state index in [-0.39, 0.29) is 17.7 Å². The Labute approximate surface area is 153 Å². The Bertz CT molecular complexity index is 703. The van der Waals surface area contributed by atoms with Gasteiger partial charge in [-0.15, -0.1) is 11.3 Å². The molecule has 0 radical (unpaired) electrons. The molecule has 1 amide bonds. The van der Waals surface area contributed by atoms with Crippen molar-refractivity contribution in [2.45, 2.75) is 71.6 Å². The van der Waals surface area contributed by atoms with Crippen LogP contribution in [0, 0.1) is 6.92 Å². The number of likely N-dealkylation sites (tertiary alicyclic amines) is 1. The molecule has 0 unspecified atom stereocenters. The Morgan fingerprint density at radius 2 is 2.12 bits per heavy atom. The Morgan fingerprint density at radius 1 is 1.40 bits per heavy atom. The summed E-state index contributed by atoms with van der Waals surface area (Å²) in [6.07, 6.45) is 1.60. The van der Waals surface area contributed by atoms with E-state index in [1.807, 2.05) is 41.5 Å². The molecule has 0 bridgehead atoms. The first-order valence-corrected chi connectivity index (χ1v) is 9.57. The molecule has 0 aliphatic carbocycles. The first-order valence-electron chi connectivity index (χ1n) is 8.76. The van der Waals surface area contributed by atoms with Crippen LogP contribution in [0.15, 0.2) is 4.99 Å². The third kappa shape index (κ3) is 3.97. The summed E-state index contributed by atoms with van der Waals surface area (Å²) >= 11 is 1.62. The number of aryl methyl sites for hydroxylation is 1. The molecule has 1 saturated heterocycles. The van der Waals surface area contributed by atoms with Gasteiger partial charge in [-0.3, -0.25) is 4.90 Å². The molecule has 2 aliphatic rings. The van der Waals surface area contributed by atoms with Crippen molar-refractivity contribution in [1.29, 1.82) is 0 Å². The molecule has 7 heteroatoms. The van der Waals surface area contributed by atoms with Gasteiger partial charge in [-0.1, -0.05) is 0 Å². The number of nitrogens with zero attached hydrogens (tertiary/aromatic N) is 3. The maximum atomic E-state index is 12.5. The average Bonchev–Trinajstić information content (AvgIpc) is 3.14. The molecule has 0 N–H and O–H groups in total. The molecule has 3 heterocycles. The van der Waals surface area contributed by atoms with Gasteiger partial charge in [0.2, 0.25) is 5.90 Å². The molecule has 1 aromatic rings. The van der Waals surface area contributed by atoms with Crippen LogP contribution in [0.4, 0.5) is 4.79 Å². The van der Waals surface area contributed by atoms with E-state index in [0.717, 1.165) is 28.4 Å². The smallest absolute Gasteiger partial charge is 0.410 e. The summed E-state index contributed by atoms with van der Waals surface area (Å²) in [6, 6.07) is -0.0256. The molecule has 1 atom stereocenters. The molecule has 0 spiro atoms. The van der Waals surface area contributed by atoms with E-state index in [1.54, 1.807) is 16.2 Å². The zero-order valence-electron chi connectivity index (χ0n) is 15.9. The van der Waals surface area contributed by atoms with Gasteiger partial charge in [0.1, 0.15) is 22.9 Å². The number of carbonyl (C=O) groups excluding carboxylic acids is 1. The standard InChI is InChI=1S/C18H27N3O3S/c1-11-13(14-20-18(5,6)10-23-14)19-15(25-11)12-8-7-9-21(12)16(22)24-17(2,3)4/h12H,7-10H2,1-6H3/t12-/m0/s1. The van der Waals surface area contributed by atoms with Crippen LogP contribution in [0.5, 0.6) is 0 Å². The van der Waals surface area contributed by atoms with Crippen molar-refractivity contribution in [2.75, 3.05) is 13.2 Å². The Kier molecular flexibility index (Phi) is 4.56. The van der Waals surface area contributed by atoms with Gasteiger partial charge < -0.3 is 9.47 Å². The van der Waals surface area contributed by atoms with E-state index >= 15 is 0 Å². The maximum Gasteiger partial charge on any atom is 0.410 e. The molecule has 6 nitrogen and oxygen atoms in total. The lowest BCUT2D eigenvalue weighted by Crippen LogP contribution is -2.36. The number of hydrogen-bond acceptors (Lipinski definition) is 6. The van der Waals surface area contributed by atoms with Gasteiger partial charge in [0.05, 0.1) is 11.6 Å². The fraction of sp³-hybridized carbons (Fsp3) is 0.722. The second-order valence-corrected chi connectivity index (χ2v) is 9.54. The molecule has 138 valence electrons. The van der Waals surface area contributed by atoms with Crippen LogP contribution in [0.3, 0.4) is 0 Å². The number of amides is 1. The molecule has 0 saturated carbocycles. The summed E-state index contributed by atoms with van der Waals surface area (Å²) in [7, 11) is 0. The van der Waals surface area contributed by atoms with Crippen LogP contribution in [0.25, 0.3) is 0 Å². The van der Waals surface area contributed by atoms with E-state index in [4.69, 9.17) is 14.5 Å². The van der Waals surface area contributed by atoms with Crippen molar-refractivity contribution < 1.29 is 14.3 Å². The van der Waals surface area contributed by atoms with Crippen molar-refractivity contribution in [1.82, 2.24) is 9.88 Å². The summed E-state index contributed by atoms with van der Waals surface area (Å²) in [5.41, 5.74) is 0.106. The summed E-state index contributed by atoms with van der Waals surface area (Å²) in [4.78, 5) is 24.8. The number of hydrogen-bond donors (Lipinski definition) is 0. The van der Waals surface area contributed by atoms with Gasteiger partial charge in [-0.25, -0.2) is 14.8 Å². The summed E-state index contributed by atoms with van der Waals surface area (Å²) < 4.78 is 11.3. The largest absolute Gasteiger partial charge is 0.474 e. The van der Waals surface area contributed by atoms with E-state index < -0.39 is 5.60 Å². The van der Waals surface area contributed by atoms with E-state index in [9.17, 15) is 4.79 Å². The van der Waals surface area contributed by atoms with Crippen molar-refractivity contribution in [3.63, 3.8) is 0 Å². The number of thiazole rings is 1. The lowest BCUT2D eigenvalue weighted by atomic mass is 10.1. The SMILES string of the molecule is Cc1sc([C@@H]2CCCN2C(=O)OC(C)(C)C)nc1C1=NC(C)(C)CO1. The minimum atomic E-state index is -0.494. The molecule has 25 heavy (non-hydrogen) atoms. The van der Waals surface area contributed by atoms with Crippen LogP contribution in [0.2, 0.25) is 0 Å². The van der Waals surface area contributed by atoms with Crippen molar-refractivity contribution in [3.8, 4) is 0 Å². The number of rotatable bonds is 2. The fourth-order valence-corrected chi connectivity index (χ4v) is 4.09. The zero-order chi connectivity index (χ0) is 18.4. The summed E-state index contributed by atoms with van der Waals surface area (Å²) in [5, 5.41) is 0.937. The minimum absolute atomic E-state index is 0.0256. The summed E-state index contributed by atoms with van der Waals surface area (Å²) in [6.45, 7) is 13.1. The Morgan fingerprint density at radius 3 is 2.72 bits per heavy atom. The topological polar surface area (TPSA) is 64.0 Å². The normalized spacial score (nSPS) is 22.7. The monoisotopic (exact) mass is 365 g/mol. The van der Waals surface area contributed by atoms with Gasteiger partial charge in [0, 0.05) is 11.4 Å². The lowest BCUT2D eigenvalue weighted by molar-refractivity contribution is 0.0224. The van der Waals surface area contributed by atoms with Crippen molar-refractivity contribution in [2.24, 2.45) is 4.99 Å². The Hall–Kier alpha value is -1.63. The highest BCUT2D eigenvalue weighted by Gasteiger charge is 2.36. The lowest BCUT2D eigenvalue weighted by Gasteiger charge is -2.27. The predicted octanol–water partition coefficient (Wildman–Crippen LogP) is 4.08. The highest BCUT2D eigenvalue weighted by molar-refractivity contribution is 7.12. The van der Waals surface area contributed by atoms with Crippen LogP contribution in [0.1, 0.15) is 69.1 Å². The third-order valence-corrected chi connectivity index (χ3v) is 5.22. The van der Waals surface area contributed by atoms with E-state index in [2.05, 4.69) is 4.99 Å². The van der Waals surface area contributed by atoms with Crippen LogP contribution >= 0.6 is 11.3 Å². The molecule has 2 aliphatic heterocycles. The number of aliphatic imine (C=N–C) groups is 1. The van der Waals surface area contributed by atoms with E-state index in [1.165, 1.54) is 0 Å². The molecule has 1 aromatic heterocycles. The Balaban J connectivity index is 1.82. The van der Waals surface area contributed by atoms with Gasteiger partial charge in [0.25, 0.3) is 0 Å². The average molecular weight is 365 g/mol. The van der Waals surface area contributed by atoms with Gasteiger partial charge in [-0.2, -0.15) is 0 Å². The second-order valence-electron chi connectivity index (χ2n) is 8.31. The minimum Gasteiger partial charge on any atom is -0.474 e. The van der Waals surface area contributed by atoms with E-state index in [0.29, 0.717) is 19.0 Å². The van der Waals surface area contributed by atoms with Crippen molar-refractivity contribution >= 4 is 23.3 Å². The van der Waals surface area contributed by atoms with Crippen LogP contribution in [-0.4, -0.2) is 46.2 Å². The van der Waals surface area contributed by atoms with Crippen molar-refractivity contribution in [3.05, 3.63) is 15.6 Å². The van der Waals surface area contributed by atoms with Gasteiger partial charge in [-0.05, 0) is 54.4 Å². The fourth-order valence-electron chi connectivity index (χ4n) is 3.03. The first-order chi connectivity index (χ1) is 11.6.